The van der Waals surface area contributed by atoms with Gasteiger partial charge in [0.05, 0.1) is 22.3 Å². The minimum atomic E-state index is -4.62. The summed E-state index contributed by atoms with van der Waals surface area (Å²) in [4.78, 5) is 22.1. The summed E-state index contributed by atoms with van der Waals surface area (Å²) in [5.41, 5.74) is -1.13. The van der Waals surface area contributed by atoms with Crippen molar-refractivity contribution >= 4 is 22.0 Å². The molecule has 0 aliphatic carbocycles. The van der Waals surface area contributed by atoms with Gasteiger partial charge in [-0.1, -0.05) is 0 Å². The topological polar surface area (TPSA) is 112 Å². The Hall–Kier alpha value is -2.14. The summed E-state index contributed by atoms with van der Waals surface area (Å²) >= 11 is 0. The van der Waals surface area contributed by atoms with Crippen LogP contribution in [0.1, 0.15) is 17.5 Å². The Labute approximate surface area is 147 Å². The fraction of sp³-hybridized carbons (Fsp3) is 0.467. The number of sulfonamides is 1. The van der Waals surface area contributed by atoms with Crippen LogP contribution < -0.4 is 0 Å². The van der Waals surface area contributed by atoms with E-state index in [-0.39, 0.29) is 23.4 Å². The van der Waals surface area contributed by atoms with Gasteiger partial charge in [0.1, 0.15) is 0 Å². The van der Waals surface area contributed by atoms with Gasteiger partial charge in [0.15, 0.2) is 0 Å². The number of piperidine rings is 1. The maximum Gasteiger partial charge on any atom is 0.416 e. The minimum Gasteiger partial charge on any atom is -0.481 e. The van der Waals surface area contributed by atoms with Crippen LogP contribution in [0.5, 0.6) is 0 Å². The lowest BCUT2D eigenvalue weighted by atomic mass is 9.86. The molecule has 1 aromatic carbocycles. The molecule has 7 nitrogen and oxygen atoms in total. The van der Waals surface area contributed by atoms with Gasteiger partial charge in [0.2, 0.25) is 10.0 Å². The van der Waals surface area contributed by atoms with Crippen LogP contribution >= 0.6 is 0 Å². The van der Waals surface area contributed by atoms with E-state index in [4.69, 9.17) is 5.11 Å². The van der Waals surface area contributed by atoms with Crippen LogP contribution in [0.15, 0.2) is 23.1 Å². The van der Waals surface area contributed by atoms with E-state index in [0.29, 0.717) is 12.1 Å². The summed E-state index contributed by atoms with van der Waals surface area (Å²) in [6.45, 7) is 0.416. The van der Waals surface area contributed by atoms with Crippen LogP contribution in [-0.2, 0) is 25.8 Å². The Bertz CT molecular complexity index is 836. The zero-order valence-electron chi connectivity index (χ0n) is 13.5. The van der Waals surface area contributed by atoms with Crippen molar-refractivity contribution in [3.8, 4) is 0 Å². The molecule has 144 valence electrons. The molecule has 2 N–H and O–H groups in total. The van der Waals surface area contributed by atoms with Crippen molar-refractivity contribution in [3.05, 3.63) is 29.3 Å². The monoisotopic (exact) mass is 395 g/mol. The average Bonchev–Trinajstić information content (AvgIpc) is 2.52. The molecular weight excluding hydrogens is 379 g/mol. The van der Waals surface area contributed by atoms with Crippen LogP contribution in [-0.4, -0.2) is 48.0 Å². The molecule has 2 unspecified atom stereocenters. The van der Waals surface area contributed by atoms with Gasteiger partial charge in [-0.3, -0.25) is 9.59 Å². The second-order valence-electron chi connectivity index (χ2n) is 6.02. The van der Waals surface area contributed by atoms with E-state index in [9.17, 15) is 36.3 Å². The second kappa shape index (κ2) is 6.88. The first-order valence-corrected chi connectivity index (χ1v) is 8.93. The van der Waals surface area contributed by atoms with Crippen molar-refractivity contribution in [2.24, 2.45) is 11.8 Å². The van der Waals surface area contributed by atoms with E-state index in [2.05, 4.69) is 0 Å². The fourth-order valence-corrected chi connectivity index (χ4v) is 4.63. The maximum absolute atomic E-state index is 12.7. The van der Waals surface area contributed by atoms with E-state index >= 15 is 0 Å². The summed E-state index contributed by atoms with van der Waals surface area (Å²) in [7, 11) is -4.26. The Kier molecular flexibility index (Phi) is 5.34. The molecule has 11 heteroatoms. The molecule has 0 bridgehead atoms. The number of alkyl halides is 3. The molecule has 1 aliphatic rings. The third kappa shape index (κ3) is 3.83. The Morgan fingerprint density at radius 2 is 1.73 bits per heavy atom. The number of carbonyl (C=O) groups is 2. The van der Waals surface area contributed by atoms with Crippen molar-refractivity contribution in [3.63, 3.8) is 0 Å². The number of hydrogen-bond donors (Lipinski definition) is 2. The van der Waals surface area contributed by atoms with Gasteiger partial charge in [0.25, 0.3) is 0 Å². The number of aryl methyl sites for hydroxylation is 1. The second-order valence-corrected chi connectivity index (χ2v) is 7.93. The first-order valence-electron chi connectivity index (χ1n) is 7.49. The lowest BCUT2D eigenvalue weighted by Crippen LogP contribution is -2.48. The van der Waals surface area contributed by atoms with Gasteiger partial charge in [-0.15, -0.1) is 0 Å². The molecule has 0 aromatic heterocycles. The van der Waals surface area contributed by atoms with E-state index in [1.807, 2.05) is 0 Å². The zero-order valence-corrected chi connectivity index (χ0v) is 14.3. The standard InChI is InChI=1S/C15H16F3NO6S/c1-8-6-9(15(16,17)18)2-3-12(8)26(24,25)19-5-4-10(13(20)21)11(7-19)14(22)23/h2-3,6,10-11H,4-5,7H2,1H3,(H,20,21)(H,22,23). The molecule has 1 aromatic rings. The number of aliphatic carboxylic acids is 2. The zero-order chi connectivity index (χ0) is 19.9. The van der Waals surface area contributed by atoms with Gasteiger partial charge < -0.3 is 10.2 Å². The van der Waals surface area contributed by atoms with E-state index in [1.165, 1.54) is 6.92 Å². The van der Waals surface area contributed by atoms with Gasteiger partial charge in [-0.05, 0) is 37.1 Å². The summed E-state index contributed by atoms with van der Waals surface area (Å²) in [5.74, 6) is -5.44. The molecular formula is C15H16F3NO6S. The number of hydrogen-bond acceptors (Lipinski definition) is 4. The molecule has 2 atom stereocenters. The Balaban J connectivity index is 2.36. The van der Waals surface area contributed by atoms with Gasteiger partial charge in [-0.2, -0.15) is 17.5 Å². The predicted molar refractivity (Wildman–Crippen MR) is 81.8 cm³/mol. The van der Waals surface area contributed by atoms with Gasteiger partial charge >= 0.3 is 18.1 Å². The number of nitrogens with zero attached hydrogens (tertiary/aromatic N) is 1. The SMILES string of the molecule is Cc1cc(C(F)(F)F)ccc1S(=O)(=O)N1CCC(C(=O)O)C(C(=O)O)C1. The van der Waals surface area contributed by atoms with Gasteiger partial charge in [-0.25, -0.2) is 8.42 Å². The highest BCUT2D eigenvalue weighted by Crippen LogP contribution is 2.33. The van der Waals surface area contributed by atoms with Crippen molar-refractivity contribution in [2.45, 2.75) is 24.4 Å². The predicted octanol–water partition coefficient (Wildman–Crippen LogP) is 1.81. The lowest BCUT2D eigenvalue weighted by Gasteiger charge is -2.34. The molecule has 2 rings (SSSR count). The molecule has 1 saturated heterocycles. The average molecular weight is 395 g/mol. The van der Waals surface area contributed by atoms with Crippen LogP contribution in [0.4, 0.5) is 13.2 Å². The summed E-state index contributed by atoms with van der Waals surface area (Å²) < 4.78 is 64.4. The Morgan fingerprint density at radius 3 is 2.19 bits per heavy atom. The quantitative estimate of drug-likeness (QED) is 0.804. The molecule has 0 radical (unpaired) electrons. The van der Waals surface area contributed by atoms with Crippen molar-refractivity contribution in [1.29, 1.82) is 0 Å². The number of rotatable bonds is 4. The number of carboxylic acids is 2. The lowest BCUT2D eigenvalue weighted by molar-refractivity contribution is -0.156. The van der Waals surface area contributed by atoms with Crippen LogP contribution in [0.25, 0.3) is 0 Å². The maximum atomic E-state index is 12.7. The molecule has 1 aliphatic heterocycles. The highest BCUT2D eigenvalue weighted by atomic mass is 32.2. The van der Waals surface area contributed by atoms with Crippen LogP contribution in [0, 0.1) is 18.8 Å². The largest absolute Gasteiger partial charge is 0.481 e. The first kappa shape index (κ1) is 20.2. The summed E-state index contributed by atoms with van der Waals surface area (Å²) in [6, 6.07) is 2.16. The third-order valence-electron chi connectivity index (χ3n) is 4.33. The fourth-order valence-electron chi connectivity index (χ4n) is 2.94. The van der Waals surface area contributed by atoms with Crippen LogP contribution in [0.2, 0.25) is 0 Å². The van der Waals surface area contributed by atoms with Gasteiger partial charge in [0, 0.05) is 13.1 Å². The smallest absolute Gasteiger partial charge is 0.416 e. The van der Waals surface area contributed by atoms with Crippen molar-refractivity contribution in [1.82, 2.24) is 4.31 Å². The minimum absolute atomic E-state index is 0.132. The summed E-state index contributed by atoms with van der Waals surface area (Å²) in [5, 5.41) is 18.3. The summed E-state index contributed by atoms with van der Waals surface area (Å²) in [6.07, 6.45) is -4.83. The third-order valence-corrected chi connectivity index (χ3v) is 6.36. The van der Waals surface area contributed by atoms with Crippen LogP contribution in [0.3, 0.4) is 0 Å². The molecule has 1 fully saturated rings. The number of benzene rings is 1. The Morgan fingerprint density at radius 1 is 1.15 bits per heavy atom. The van der Waals surface area contributed by atoms with E-state index in [1.54, 1.807) is 0 Å². The highest BCUT2D eigenvalue weighted by molar-refractivity contribution is 7.89. The molecule has 1 heterocycles. The van der Waals surface area contributed by atoms with E-state index < -0.39 is 52.1 Å². The molecule has 26 heavy (non-hydrogen) atoms. The van der Waals surface area contributed by atoms with Crippen molar-refractivity contribution < 1.29 is 41.4 Å². The first-order chi connectivity index (χ1) is 11.9. The molecule has 0 spiro atoms. The van der Waals surface area contributed by atoms with Crippen molar-refractivity contribution in [2.75, 3.05) is 13.1 Å². The van der Waals surface area contributed by atoms with E-state index in [0.717, 1.165) is 10.4 Å². The number of halogens is 3. The normalized spacial score (nSPS) is 22.2. The highest BCUT2D eigenvalue weighted by Gasteiger charge is 2.43. The molecule has 0 amide bonds. The molecule has 0 saturated carbocycles. The number of carboxylic acid groups (broad SMARTS) is 2.